The lowest BCUT2D eigenvalue weighted by Gasteiger charge is -2.25. The summed E-state index contributed by atoms with van der Waals surface area (Å²) in [6.45, 7) is 1.88. The van der Waals surface area contributed by atoms with Crippen LogP contribution < -0.4 is 0 Å². The Morgan fingerprint density at radius 1 is 1.14 bits per heavy atom. The number of halogens is 2. The molecule has 0 aliphatic rings. The predicted octanol–water partition coefficient (Wildman–Crippen LogP) is 4.07. The van der Waals surface area contributed by atoms with E-state index in [9.17, 15) is 18.9 Å². The van der Waals surface area contributed by atoms with Crippen LogP contribution in [0.5, 0.6) is 0 Å². The van der Waals surface area contributed by atoms with Crippen LogP contribution in [0.25, 0.3) is 0 Å². The van der Waals surface area contributed by atoms with Crippen LogP contribution in [0.15, 0.2) is 42.5 Å². The topological polar surface area (TPSA) is 46.4 Å². The lowest BCUT2D eigenvalue weighted by atomic mass is 10.0. The van der Waals surface area contributed by atoms with E-state index in [1.165, 1.54) is 24.3 Å². The SMILES string of the molecule is CC(c1c(F)cccc1F)N(C)Cc1ccccc1[N+](=O)[O-]. The molecule has 0 amide bonds. The highest BCUT2D eigenvalue weighted by molar-refractivity contribution is 5.39. The molecule has 2 rings (SSSR count). The van der Waals surface area contributed by atoms with Gasteiger partial charge in [-0.15, -0.1) is 0 Å². The average molecular weight is 306 g/mol. The molecule has 0 saturated carbocycles. The summed E-state index contributed by atoms with van der Waals surface area (Å²) in [6.07, 6.45) is 0. The number of nitrogens with zero attached hydrogens (tertiary/aromatic N) is 2. The van der Waals surface area contributed by atoms with Gasteiger partial charge in [0.15, 0.2) is 0 Å². The Bertz CT molecular complexity index is 671. The summed E-state index contributed by atoms with van der Waals surface area (Å²) in [5.74, 6) is -1.25. The van der Waals surface area contributed by atoms with Crippen molar-refractivity contribution in [2.45, 2.75) is 19.5 Å². The molecule has 0 bridgehead atoms. The molecular formula is C16H16F2N2O2. The normalized spacial score (nSPS) is 12.4. The molecule has 116 valence electrons. The second-order valence-electron chi connectivity index (χ2n) is 5.11. The Morgan fingerprint density at radius 2 is 1.73 bits per heavy atom. The monoisotopic (exact) mass is 306 g/mol. The first-order valence-corrected chi connectivity index (χ1v) is 6.78. The van der Waals surface area contributed by atoms with E-state index in [-0.39, 0.29) is 17.8 Å². The summed E-state index contributed by atoms with van der Waals surface area (Å²) in [6, 6.07) is 9.49. The summed E-state index contributed by atoms with van der Waals surface area (Å²) in [5.41, 5.74) is 0.456. The molecule has 0 saturated heterocycles. The number of benzene rings is 2. The van der Waals surface area contributed by atoms with Gasteiger partial charge in [-0.05, 0) is 26.1 Å². The van der Waals surface area contributed by atoms with E-state index in [2.05, 4.69) is 0 Å². The highest BCUT2D eigenvalue weighted by Gasteiger charge is 2.22. The molecule has 4 nitrogen and oxygen atoms in total. The first-order valence-electron chi connectivity index (χ1n) is 6.78. The van der Waals surface area contributed by atoms with Gasteiger partial charge >= 0.3 is 0 Å². The van der Waals surface area contributed by atoms with Crippen LogP contribution >= 0.6 is 0 Å². The van der Waals surface area contributed by atoms with Gasteiger partial charge in [-0.1, -0.05) is 24.3 Å². The van der Waals surface area contributed by atoms with E-state index in [0.717, 1.165) is 0 Å². The van der Waals surface area contributed by atoms with Crippen molar-refractivity contribution < 1.29 is 13.7 Å². The molecule has 1 unspecified atom stereocenters. The van der Waals surface area contributed by atoms with E-state index in [0.29, 0.717) is 5.56 Å². The van der Waals surface area contributed by atoms with Crippen molar-refractivity contribution in [3.05, 3.63) is 75.3 Å². The van der Waals surface area contributed by atoms with E-state index < -0.39 is 22.6 Å². The fraction of sp³-hybridized carbons (Fsp3) is 0.250. The molecule has 0 N–H and O–H groups in total. The number of hydrogen-bond acceptors (Lipinski definition) is 3. The van der Waals surface area contributed by atoms with Gasteiger partial charge in [0, 0.05) is 29.8 Å². The first-order chi connectivity index (χ1) is 10.4. The minimum atomic E-state index is -0.623. The minimum absolute atomic E-state index is 0.00412. The maximum absolute atomic E-state index is 13.8. The Hall–Kier alpha value is -2.34. The number of nitro groups is 1. The Balaban J connectivity index is 2.26. The smallest absolute Gasteiger partial charge is 0.273 e. The van der Waals surface area contributed by atoms with Gasteiger partial charge in [-0.3, -0.25) is 15.0 Å². The van der Waals surface area contributed by atoms with Crippen LogP contribution in [0.4, 0.5) is 14.5 Å². The fourth-order valence-corrected chi connectivity index (χ4v) is 2.36. The molecular weight excluding hydrogens is 290 g/mol. The quantitative estimate of drug-likeness (QED) is 0.618. The predicted molar refractivity (Wildman–Crippen MR) is 79.3 cm³/mol. The van der Waals surface area contributed by atoms with Gasteiger partial charge in [-0.2, -0.15) is 0 Å². The van der Waals surface area contributed by atoms with Crippen molar-refractivity contribution in [2.24, 2.45) is 0 Å². The zero-order valence-corrected chi connectivity index (χ0v) is 12.3. The number of rotatable bonds is 5. The third-order valence-corrected chi connectivity index (χ3v) is 3.69. The van der Waals surface area contributed by atoms with Gasteiger partial charge in [0.25, 0.3) is 5.69 Å². The molecule has 22 heavy (non-hydrogen) atoms. The van der Waals surface area contributed by atoms with Crippen LogP contribution in [0.1, 0.15) is 24.1 Å². The molecule has 0 spiro atoms. The largest absolute Gasteiger partial charge is 0.295 e. The second-order valence-corrected chi connectivity index (χ2v) is 5.11. The number of hydrogen-bond donors (Lipinski definition) is 0. The highest BCUT2D eigenvalue weighted by Crippen LogP contribution is 2.27. The standard InChI is InChI=1S/C16H16F2N2O2/c1-11(16-13(17)7-5-8-14(16)18)19(2)10-12-6-3-4-9-15(12)20(21)22/h3-9,11H,10H2,1-2H3. The Labute approximate surface area is 127 Å². The highest BCUT2D eigenvalue weighted by atomic mass is 19.1. The van der Waals surface area contributed by atoms with E-state index in [1.54, 1.807) is 37.1 Å². The van der Waals surface area contributed by atoms with Crippen LogP contribution in [-0.2, 0) is 6.54 Å². The van der Waals surface area contributed by atoms with Crippen molar-refractivity contribution in [2.75, 3.05) is 7.05 Å². The molecule has 2 aromatic rings. The van der Waals surface area contributed by atoms with Gasteiger partial charge in [0.05, 0.1) is 4.92 Å². The Kier molecular flexibility index (Phi) is 4.82. The van der Waals surface area contributed by atoms with Crippen LogP contribution in [-0.4, -0.2) is 16.9 Å². The molecule has 1 atom stereocenters. The summed E-state index contributed by atoms with van der Waals surface area (Å²) in [7, 11) is 1.67. The maximum atomic E-state index is 13.8. The zero-order chi connectivity index (χ0) is 16.3. The summed E-state index contributed by atoms with van der Waals surface area (Å²) in [4.78, 5) is 12.2. The molecule has 2 aromatic carbocycles. The van der Waals surface area contributed by atoms with Gasteiger partial charge in [-0.25, -0.2) is 8.78 Å². The molecule has 0 fully saturated rings. The average Bonchev–Trinajstić information content (AvgIpc) is 2.47. The molecule has 0 aromatic heterocycles. The van der Waals surface area contributed by atoms with Crippen LogP contribution in [0.3, 0.4) is 0 Å². The van der Waals surface area contributed by atoms with Gasteiger partial charge < -0.3 is 0 Å². The first kappa shape index (κ1) is 16.0. The van der Waals surface area contributed by atoms with E-state index in [1.807, 2.05) is 0 Å². The molecule has 0 radical (unpaired) electrons. The maximum Gasteiger partial charge on any atom is 0.273 e. The summed E-state index contributed by atoms with van der Waals surface area (Å²) >= 11 is 0. The minimum Gasteiger partial charge on any atom is -0.295 e. The van der Waals surface area contributed by atoms with Gasteiger partial charge in [0.1, 0.15) is 11.6 Å². The third-order valence-electron chi connectivity index (χ3n) is 3.69. The molecule has 0 aliphatic carbocycles. The second kappa shape index (κ2) is 6.62. The van der Waals surface area contributed by atoms with Crippen molar-refractivity contribution in [3.63, 3.8) is 0 Å². The Morgan fingerprint density at radius 3 is 2.32 bits per heavy atom. The lowest BCUT2D eigenvalue weighted by Crippen LogP contribution is -2.24. The fourth-order valence-electron chi connectivity index (χ4n) is 2.36. The van der Waals surface area contributed by atoms with Crippen LogP contribution in [0, 0.1) is 21.7 Å². The van der Waals surface area contributed by atoms with E-state index >= 15 is 0 Å². The third kappa shape index (κ3) is 3.28. The van der Waals surface area contributed by atoms with Crippen LogP contribution in [0.2, 0.25) is 0 Å². The zero-order valence-electron chi connectivity index (χ0n) is 12.3. The van der Waals surface area contributed by atoms with E-state index in [4.69, 9.17) is 0 Å². The molecule has 0 aliphatic heterocycles. The number of para-hydroxylation sites is 1. The lowest BCUT2D eigenvalue weighted by molar-refractivity contribution is -0.385. The number of nitro benzene ring substituents is 1. The van der Waals surface area contributed by atoms with Crippen molar-refractivity contribution in [1.29, 1.82) is 0 Å². The molecule has 0 heterocycles. The van der Waals surface area contributed by atoms with Crippen molar-refractivity contribution >= 4 is 5.69 Å². The van der Waals surface area contributed by atoms with Crippen molar-refractivity contribution in [3.8, 4) is 0 Å². The summed E-state index contributed by atoms with van der Waals surface area (Å²) in [5, 5.41) is 11.0. The van der Waals surface area contributed by atoms with Gasteiger partial charge in [0.2, 0.25) is 0 Å². The van der Waals surface area contributed by atoms with Crippen molar-refractivity contribution in [1.82, 2.24) is 4.90 Å². The summed E-state index contributed by atoms with van der Waals surface area (Å²) < 4.78 is 27.7. The molecule has 6 heteroatoms.